The molecular weight excluding hydrogens is 238 g/mol. The summed E-state index contributed by atoms with van der Waals surface area (Å²) in [7, 11) is 0. The van der Waals surface area contributed by atoms with E-state index in [1.807, 2.05) is 6.92 Å². The molecule has 0 saturated heterocycles. The van der Waals surface area contributed by atoms with Crippen molar-refractivity contribution in [3.63, 3.8) is 0 Å². The Kier molecular flexibility index (Phi) is 4.70. The van der Waals surface area contributed by atoms with E-state index in [0.29, 0.717) is 17.0 Å². The number of benzene rings is 1. The Morgan fingerprint density at radius 1 is 1.41 bits per heavy atom. The summed E-state index contributed by atoms with van der Waals surface area (Å²) < 4.78 is 0. The average molecular weight is 254 g/mol. The van der Waals surface area contributed by atoms with E-state index in [-0.39, 0.29) is 11.7 Å². The summed E-state index contributed by atoms with van der Waals surface area (Å²) in [6, 6.07) is 4.58. The lowest BCUT2D eigenvalue weighted by molar-refractivity contribution is -0.120. The maximum absolute atomic E-state index is 11.8. The van der Waals surface area contributed by atoms with Crippen molar-refractivity contribution in [1.29, 1.82) is 0 Å². The van der Waals surface area contributed by atoms with Crippen LogP contribution in [0.15, 0.2) is 18.2 Å². The van der Waals surface area contributed by atoms with Crippen LogP contribution in [0.25, 0.3) is 0 Å². The van der Waals surface area contributed by atoms with Gasteiger partial charge in [-0.3, -0.25) is 9.59 Å². The molecule has 0 bridgehead atoms. The number of amides is 1. The van der Waals surface area contributed by atoms with Gasteiger partial charge >= 0.3 is 0 Å². The van der Waals surface area contributed by atoms with Gasteiger partial charge in [-0.2, -0.15) is 0 Å². The minimum absolute atomic E-state index is 0.0176. The van der Waals surface area contributed by atoms with Crippen LogP contribution in [0.5, 0.6) is 0 Å². The summed E-state index contributed by atoms with van der Waals surface area (Å²) in [5.41, 5.74) is 1.36. The van der Waals surface area contributed by atoms with Crippen LogP contribution >= 0.6 is 11.6 Å². The average Bonchev–Trinajstić information content (AvgIpc) is 2.31. The number of halogens is 1. The number of carbonyl (C=O) groups excluding carboxylic acids is 2. The molecule has 1 unspecified atom stereocenters. The zero-order valence-corrected chi connectivity index (χ0v) is 11.0. The standard InChI is InChI=1S/C13H16ClNO2/c1-4-12(16)9(3)15-13(17)10-5-6-11(14)8(2)7-10/h5-7,9H,4H2,1-3H3,(H,15,17). The summed E-state index contributed by atoms with van der Waals surface area (Å²) in [4.78, 5) is 23.2. The normalized spacial score (nSPS) is 12.0. The third-order valence-corrected chi connectivity index (χ3v) is 3.02. The number of rotatable bonds is 4. The fraction of sp³-hybridized carbons (Fsp3) is 0.385. The fourth-order valence-electron chi connectivity index (χ4n) is 1.45. The molecule has 92 valence electrons. The van der Waals surface area contributed by atoms with E-state index in [2.05, 4.69) is 5.32 Å². The van der Waals surface area contributed by atoms with Crippen molar-refractivity contribution in [2.45, 2.75) is 33.2 Å². The van der Waals surface area contributed by atoms with Gasteiger partial charge in [-0.05, 0) is 37.6 Å². The second kappa shape index (κ2) is 5.82. The third-order valence-electron chi connectivity index (χ3n) is 2.60. The van der Waals surface area contributed by atoms with Gasteiger partial charge in [0.25, 0.3) is 5.91 Å². The molecule has 1 aromatic carbocycles. The summed E-state index contributed by atoms with van der Waals surface area (Å²) in [6.07, 6.45) is 0.418. The summed E-state index contributed by atoms with van der Waals surface area (Å²) in [6.45, 7) is 5.30. The van der Waals surface area contributed by atoms with E-state index < -0.39 is 6.04 Å². The minimum Gasteiger partial charge on any atom is -0.343 e. The number of Topliss-reactive ketones (excluding diaryl/α,β-unsaturated/α-hetero) is 1. The molecule has 4 heteroatoms. The maximum atomic E-state index is 11.8. The van der Waals surface area contributed by atoms with Gasteiger partial charge in [0.15, 0.2) is 5.78 Å². The highest BCUT2D eigenvalue weighted by Crippen LogP contribution is 2.16. The molecule has 0 spiro atoms. The maximum Gasteiger partial charge on any atom is 0.251 e. The number of aryl methyl sites for hydroxylation is 1. The molecule has 0 aromatic heterocycles. The first-order valence-corrected chi connectivity index (χ1v) is 5.93. The van der Waals surface area contributed by atoms with Crippen molar-refractivity contribution in [3.8, 4) is 0 Å². The quantitative estimate of drug-likeness (QED) is 0.897. The van der Waals surface area contributed by atoms with Gasteiger partial charge in [0.05, 0.1) is 6.04 Å². The van der Waals surface area contributed by atoms with Gasteiger partial charge in [0.1, 0.15) is 0 Å². The van der Waals surface area contributed by atoms with Crippen molar-refractivity contribution >= 4 is 23.3 Å². The molecule has 1 N–H and O–H groups in total. The molecule has 0 heterocycles. The molecule has 17 heavy (non-hydrogen) atoms. The van der Waals surface area contributed by atoms with E-state index in [1.165, 1.54) is 0 Å². The first kappa shape index (κ1) is 13.7. The molecule has 1 amide bonds. The van der Waals surface area contributed by atoms with Crippen molar-refractivity contribution in [1.82, 2.24) is 5.32 Å². The van der Waals surface area contributed by atoms with Gasteiger partial charge < -0.3 is 5.32 Å². The lowest BCUT2D eigenvalue weighted by Gasteiger charge is -2.12. The van der Waals surface area contributed by atoms with E-state index >= 15 is 0 Å². The van der Waals surface area contributed by atoms with Crippen LogP contribution in [0.2, 0.25) is 5.02 Å². The number of hydrogen-bond acceptors (Lipinski definition) is 2. The Bertz CT molecular complexity index is 443. The monoisotopic (exact) mass is 253 g/mol. The van der Waals surface area contributed by atoms with Gasteiger partial charge in [-0.1, -0.05) is 18.5 Å². The number of ketones is 1. The predicted octanol–water partition coefficient (Wildman–Crippen LogP) is 2.75. The Morgan fingerprint density at radius 2 is 2.06 bits per heavy atom. The highest BCUT2D eigenvalue weighted by atomic mass is 35.5. The molecule has 0 aliphatic rings. The Morgan fingerprint density at radius 3 is 2.59 bits per heavy atom. The van der Waals surface area contributed by atoms with Gasteiger partial charge in [-0.25, -0.2) is 0 Å². The van der Waals surface area contributed by atoms with E-state index in [0.717, 1.165) is 5.56 Å². The van der Waals surface area contributed by atoms with Crippen LogP contribution in [0.1, 0.15) is 36.2 Å². The van der Waals surface area contributed by atoms with Gasteiger partial charge in [-0.15, -0.1) is 0 Å². The van der Waals surface area contributed by atoms with E-state index in [9.17, 15) is 9.59 Å². The Labute approximate surface area is 106 Å². The predicted molar refractivity (Wildman–Crippen MR) is 68.4 cm³/mol. The third kappa shape index (κ3) is 3.56. The van der Waals surface area contributed by atoms with Crippen molar-refractivity contribution < 1.29 is 9.59 Å². The molecule has 1 aromatic rings. The second-order valence-electron chi connectivity index (χ2n) is 3.98. The molecule has 0 fully saturated rings. The summed E-state index contributed by atoms with van der Waals surface area (Å²) in [5, 5.41) is 3.29. The highest BCUT2D eigenvalue weighted by Gasteiger charge is 2.15. The molecule has 1 atom stereocenters. The number of hydrogen-bond donors (Lipinski definition) is 1. The van der Waals surface area contributed by atoms with Crippen LogP contribution in [0, 0.1) is 6.92 Å². The Balaban J connectivity index is 2.76. The molecule has 0 aliphatic heterocycles. The van der Waals surface area contributed by atoms with Crippen LogP contribution in [-0.2, 0) is 4.79 Å². The largest absolute Gasteiger partial charge is 0.343 e. The van der Waals surface area contributed by atoms with Crippen molar-refractivity contribution in [3.05, 3.63) is 34.3 Å². The van der Waals surface area contributed by atoms with Crippen LogP contribution in [-0.4, -0.2) is 17.7 Å². The summed E-state index contributed by atoms with van der Waals surface area (Å²) >= 11 is 5.88. The van der Waals surface area contributed by atoms with Crippen LogP contribution < -0.4 is 5.32 Å². The smallest absolute Gasteiger partial charge is 0.251 e. The lowest BCUT2D eigenvalue weighted by Crippen LogP contribution is -2.38. The van der Waals surface area contributed by atoms with Crippen LogP contribution in [0.4, 0.5) is 0 Å². The minimum atomic E-state index is -0.455. The molecule has 0 saturated carbocycles. The Hall–Kier alpha value is -1.35. The molecule has 3 nitrogen and oxygen atoms in total. The van der Waals surface area contributed by atoms with Crippen molar-refractivity contribution in [2.24, 2.45) is 0 Å². The van der Waals surface area contributed by atoms with Crippen LogP contribution in [0.3, 0.4) is 0 Å². The highest BCUT2D eigenvalue weighted by molar-refractivity contribution is 6.31. The number of carbonyl (C=O) groups is 2. The molecule has 1 rings (SSSR count). The van der Waals surface area contributed by atoms with E-state index in [1.54, 1.807) is 32.0 Å². The molecular formula is C13H16ClNO2. The molecule has 0 radical (unpaired) electrons. The number of nitrogens with one attached hydrogen (secondary N) is 1. The zero-order chi connectivity index (χ0) is 13.0. The van der Waals surface area contributed by atoms with Gasteiger partial charge in [0.2, 0.25) is 0 Å². The fourth-order valence-corrected chi connectivity index (χ4v) is 1.57. The second-order valence-corrected chi connectivity index (χ2v) is 4.39. The first-order valence-electron chi connectivity index (χ1n) is 5.55. The first-order chi connectivity index (χ1) is 7.95. The summed E-state index contributed by atoms with van der Waals surface area (Å²) in [5.74, 6) is -0.233. The zero-order valence-electron chi connectivity index (χ0n) is 10.2. The van der Waals surface area contributed by atoms with E-state index in [4.69, 9.17) is 11.6 Å². The SMILES string of the molecule is CCC(=O)C(C)NC(=O)c1ccc(Cl)c(C)c1. The van der Waals surface area contributed by atoms with Gasteiger partial charge in [0, 0.05) is 17.0 Å². The van der Waals surface area contributed by atoms with Crippen molar-refractivity contribution in [2.75, 3.05) is 0 Å². The molecule has 0 aliphatic carbocycles. The lowest BCUT2D eigenvalue weighted by atomic mass is 10.1. The topological polar surface area (TPSA) is 46.2 Å².